The Morgan fingerprint density at radius 1 is 1.60 bits per heavy atom. The molecule has 1 aromatic rings. The minimum atomic E-state index is -0.961. The third-order valence-electron chi connectivity index (χ3n) is 2.12. The molecular weight excluding hydrogens is 260 g/mol. The Hall–Kier alpha value is -1.03. The van der Waals surface area contributed by atoms with Crippen molar-refractivity contribution in [1.82, 2.24) is 0 Å². The van der Waals surface area contributed by atoms with Gasteiger partial charge in [-0.3, -0.25) is 0 Å². The Kier molecular flexibility index (Phi) is 4.15. The first-order valence-corrected chi connectivity index (χ1v) is 5.71. The lowest BCUT2D eigenvalue weighted by atomic mass is 10.1. The molecule has 82 valence electrons. The molecule has 1 N–H and O–H groups in total. The van der Waals surface area contributed by atoms with Crippen LogP contribution in [0.15, 0.2) is 18.2 Å². The second-order valence-corrected chi connectivity index (χ2v) is 3.88. The van der Waals surface area contributed by atoms with E-state index < -0.39 is 12.1 Å². The number of hydrogen-bond acceptors (Lipinski definition) is 2. The number of rotatable bonds is 4. The van der Waals surface area contributed by atoms with Crippen LogP contribution >= 0.6 is 15.9 Å². The molecule has 0 saturated heterocycles. The molecule has 0 spiro atoms. The van der Waals surface area contributed by atoms with E-state index in [-0.39, 0.29) is 0 Å². The minimum absolute atomic E-state index is 0.590. The van der Waals surface area contributed by atoms with Gasteiger partial charge in [-0.15, -0.1) is 0 Å². The number of alkyl halides is 1. The van der Waals surface area contributed by atoms with Gasteiger partial charge in [-0.2, -0.15) is 0 Å². The van der Waals surface area contributed by atoms with Gasteiger partial charge in [-0.25, -0.2) is 4.79 Å². The van der Waals surface area contributed by atoms with Gasteiger partial charge < -0.3 is 9.84 Å². The van der Waals surface area contributed by atoms with Crippen LogP contribution in [0.5, 0.6) is 5.75 Å². The molecule has 0 aliphatic carbocycles. The Morgan fingerprint density at radius 3 is 2.73 bits per heavy atom. The standard InChI is InChI=1S/C11H13BrO3/c1-7-5-10(4-3-9(7)6-12)15-8(2)11(13)14/h3-5,8H,6H2,1-2H3,(H,13,14). The zero-order chi connectivity index (χ0) is 11.4. The fraction of sp³-hybridized carbons (Fsp3) is 0.364. The number of aliphatic carboxylic acids is 1. The summed E-state index contributed by atoms with van der Waals surface area (Å²) in [7, 11) is 0. The van der Waals surface area contributed by atoms with E-state index >= 15 is 0 Å². The number of carboxylic acids is 1. The van der Waals surface area contributed by atoms with Crippen molar-refractivity contribution in [2.24, 2.45) is 0 Å². The number of benzene rings is 1. The fourth-order valence-electron chi connectivity index (χ4n) is 1.15. The molecule has 0 saturated carbocycles. The molecule has 3 nitrogen and oxygen atoms in total. The molecule has 1 aromatic carbocycles. The number of carbonyl (C=O) groups is 1. The van der Waals surface area contributed by atoms with Crippen LogP contribution in [-0.4, -0.2) is 17.2 Å². The molecule has 0 bridgehead atoms. The van der Waals surface area contributed by atoms with Crippen LogP contribution in [0.3, 0.4) is 0 Å². The maximum atomic E-state index is 10.6. The van der Waals surface area contributed by atoms with E-state index in [1.165, 1.54) is 12.5 Å². The molecule has 0 aliphatic rings. The predicted molar refractivity (Wildman–Crippen MR) is 61.5 cm³/mol. The smallest absolute Gasteiger partial charge is 0.344 e. The lowest BCUT2D eigenvalue weighted by Gasteiger charge is -2.11. The van der Waals surface area contributed by atoms with Gasteiger partial charge in [-0.1, -0.05) is 22.0 Å². The fourth-order valence-corrected chi connectivity index (χ4v) is 1.78. The highest BCUT2D eigenvalue weighted by atomic mass is 79.9. The topological polar surface area (TPSA) is 46.5 Å². The molecule has 0 amide bonds. The molecule has 0 aliphatic heterocycles. The van der Waals surface area contributed by atoms with Crippen molar-refractivity contribution in [3.05, 3.63) is 29.3 Å². The second-order valence-electron chi connectivity index (χ2n) is 3.32. The van der Waals surface area contributed by atoms with Gasteiger partial charge >= 0.3 is 5.97 Å². The highest BCUT2D eigenvalue weighted by molar-refractivity contribution is 9.08. The average molecular weight is 273 g/mol. The van der Waals surface area contributed by atoms with Crippen LogP contribution in [0.25, 0.3) is 0 Å². The van der Waals surface area contributed by atoms with Gasteiger partial charge in [-0.05, 0) is 37.1 Å². The molecule has 1 unspecified atom stereocenters. The molecule has 0 radical (unpaired) electrons. The molecule has 0 heterocycles. The van der Waals surface area contributed by atoms with Crippen LogP contribution in [0.4, 0.5) is 0 Å². The zero-order valence-corrected chi connectivity index (χ0v) is 10.2. The van der Waals surface area contributed by atoms with Gasteiger partial charge in [0.15, 0.2) is 6.10 Å². The Morgan fingerprint density at radius 2 is 2.27 bits per heavy atom. The maximum Gasteiger partial charge on any atom is 0.344 e. The summed E-state index contributed by atoms with van der Waals surface area (Å²) in [6.45, 7) is 3.48. The summed E-state index contributed by atoms with van der Waals surface area (Å²) in [5, 5.41) is 9.47. The van der Waals surface area contributed by atoms with E-state index in [1.54, 1.807) is 6.07 Å². The molecule has 1 rings (SSSR count). The van der Waals surface area contributed by atoms with E-state index in [4.69, 9.17) is 9.84 Å². The second kappa shape index (κ2) is 5.16. The number of aryl methyl sites for hydroxylation is 1. The van der Waals surface area contributed by atoms with Crippen molar-refractivity contribution < 1.29 is 14.6 Å². The first kappa shape index (κ1) is 12.0. The van der Waals surface area contributed by atoms with Gasteiger partial charge in [0.1, 0.15) is 5.75 Å². The summed E-state index contributed by atoms with van der Waals surface area (Å²) in [6.07, 6.45) is -0.820. The molecular formula is C11H13BrO3. The maximum absolute atomic E-state index is 10.6. The van der Waals surface area contributed by atoms with E-state index in [0.29, 0.717) is 5.75 Å². The highest BCUT2D eigenvalue weighted by Gasteiger charge is 2.12. The zero-order valence-electron chi connectivity index (χ0n) is 8.66. The van der Waals surface area contributed by atoms with Gasteiger partial charge in [0.05, 0.1) is 0 Å². The average Bonchev–Trinajstić information content (AvgIpc) is 2.18. The monoisotopic (exact) mass is 272 g/mol. The van der Waals surface area contributed by atoms with Crippen molar-refractivity contribution in [3.8, 4) is 5.75 Å². The number of ether oxygens (including phenoxy) is 1. The highest BCUT2D eigenvalue weighted by Crippen LogP contribution is 2.20. The van der Waals surface area contributed by atoms with Crippen LogP contribution in [0.2, 0.25) is 0 Å². The lowest BCUT2D eigenvalue weighted by Crippen LogP contribution is -2.22. The molecule has 4 heteroatoms. The van der Waals surface area contributed by atoms with Crippen molar-refractivity contribution in [1.29, 1.82) is 0 Å². The van der Waals surface area contributed by atoms with E-state index in [1.807, 2.05) is 19.1 Å². The number of carboxylic acid groups (broad SMARTS) is 1. The summed E-state index contributed by atoms with van der Waals surface area (Å²) in [5.41, 5.74) is 2.26. The summed E-state index contributed by atoms with van der Waals surface area (Å²) in [6, 6.07) is 5.55. The van der Waals surface area contributed by atoms with E-state index in [2.05, 4.69) is 15.9 Å². The third kappa shape index (κ3) is 3.23. The summed E-state index contributed by atoms with van der Waals surface area (Å²) in [4.78, 5) is 10.6. The van der Waals surface area contributed by atoms with Crippen molar-refractivity contribution in [2.75, 3.05) is 0 Å². The third-order valence-corrected chi connectivity index (χ3v) is 2.72. The lowest BCUT2D eigenvalue weighted by molar-refractivity contribution is -0.144. The van der Waals surface area contributed by atoms with Crippen LogP contribution in [0, 0.1) is 6.92 Å². The van der Waals surface area contributed by atoms with Crippen molar-refractivity contribution >= 4 is 21.9 Å². The van der Waals surface area contributed by atoms with Crippen LogP contribution < -0.4 is 4.74 Å². The van der Waals surface area contributed by atoms with E-state index in [9.17, 15) is 4.79 Å². The summed E-state index contributed by atoms with van der Waals surface area (Å²) in [5.74, 6) is -0.371. The van der Waals surface area contributed by atoms with Crippen molar-refractivity contribution in [2.45, 2.75) is 25.3 Å². The first-order valence-electron chi connectivity index (χ1n) is 4.59. The van der Waals surface area contributed by atoms with Crippen LogP contribution in [-0.2, 0) is 10.1 Å². The van der Waals surface area contributed by atoms with Gasteiger partial charge in [0, 0.05) is 5.33 Å². The quantitative estimate of drug-likeness (QED) is 0.858. The van der Waals surface area contributed by atoms with Gasteiger partial charge in [0.25, 0.3) is 0 Å². The molecule has 0 fully saturated rings. The number of halogens is 1. The Balaban J connectivity index is 2.79. The first-order chi connectivity index (χ1) is 7.04. The van der Waals surface area contributed by atoms with Crippen molar-refractivity contribution in [3.63, 3.8) is 0 Å². The van der Waals surface area contributed by atoms with E-state index in [0.717, 1.165) is 10.9 Å². The molecule has 15 heavy (non-hydrogen) atoms. The molecule has 0 aromatic heterocycles. The summed E-state index contributed by atoms with van der Waals surface area (Å²) >= 11 is 3.37. The Labute approximate surface area is 97.2 Å². The minimum Gasteiger partial charge on any atom is -0.479 e. The number of hydrogen-bond donors (Lipinski definition) is 1. The SMILES string of the molecule is Cc1cc(OC(C)C(=O)O)ccc1CBr. The normalized spacial score (nSPS) is 12.2. The summed E-state index contributed by atoms with van der Waals surface area (Å²) < 4.78 is 5.24. The van der Waals surface area contributed by atoms with Crippen LogP contribution in [0.1, 0.15) is 18.1 Å². The largest absolute Gasteiger partial charge is 0.479 e. The Bertz CT molecular complexity index is 363. The van der Waals surface area contributed by atoms with Gasteiger partial charge in [0.2, 0.25) is 0 Å². The molecule has 1 atom stereocenters. The predicted octanol–water partition coefficient (Wildman–Crippen LogP) is 2.74.